The number of benzene rings is 1. The van der Waals surface area contributed by atoms with Crippen LogP contribution in [0.1, 0.15) is 6.42 Å². The molecule has 13 heavy (non-hydrogen) atoms. The molecular weight excluding hydrogens is 162 g/mol. The zero-order valence-corrected chi connectivity index (χ0v) is 7.70. The Labute approximate surface area is 78.9 Å². The van der Waals surface area contributed by atoms with Crippen LogP contribution in [0.4, 0.5) is 5.69 Å². The van der Waals surface area contributed by atoms with Crippen LogP contribution < -0.4 is 5.32 Å². The van der Waals surface area contributed by atoms with Gasteiger partial charge in [-0.05, 0) is 18.6 Å². The lowest BCUT2D eigenvalue weighted by Gasteiger charge is -2.09. The van der Waals surface area contributed by atoms with Crippen molar-refractivity contribution in [2.75, 3.05) is 25.1 Å². The molecule has 0 saturated carbocycles. The third kappa shape index (κ3) is 2.46. The van der Waals surface area contributed by atoms with Gasteiger partial charge >= 0.3 is 0 Å². The van der Waals surface area contributed by atoms with Gasteiger partial charge in [-0.1, -0.05) is 18.2 Å². The number of para-hydroxylation sites is 1. The van der Waals surface area contributed by atoms with E-state index in [-0.39, 0.29) is 0 Å². The molecule has 0 bridgehead atoms. The molecule has 0 aromatic heterocycles. The molecule has 1 N–H and O–H groups in total. The van der Waals surface area contributed by atoms with Gasteiger partial charge in [0.15, 0.2) is 0 Å². The van der Waals surface area contributed by atoms with Crippen LogP contribution in [0, 0.1) is 5.92 Å². The molecule has 2 rings (SSSR count). The Kier molecular flexibility index (Phi) is 2.82. The SMILES string of the molecule is c1ccc(NCC2CCOC2)cc1. The first-order chi connectivity index (χ1) is 6.45. The van der Waals surface area contributed by atoms with Crippen molar-refractivity contribution >= 4 is 5.69 Å². The van der Waals surface area contributed by atoms with Gasteiger partial charge in [0.2, 0.25) is 0 Å². The van der Waals surface area contributed by atoms with Crippen LogP contribution in [0.5, 0.6) is 0 Å². The third-order valence-electron chi connectivity index (χ3n) is 2.39. The van der Waals surface area contributed by atoms with Gasteiger partial charge in [0, 0.05) is 24.8 Å². The molecule has 0 spiro atoms. The second kappa shape index (κ2) is 4.28. The number of rotatable bonds is 3. The summed E-state index contributed by atoms with van der Waals surface area (Å²) < 4.78 is 5.31. The monoisotopic (exact) mass is 177 g/mol. The van der Waals surface area contributed by atoms with Crippen molar-refractivity contribution in [2.45, 2.75) is 6.42 Å². The van der Waals surface area contributed by atoms with E-state index in [2.05, 4.69) is 17.4 Å². The van der Waals surface area contributed by atoms with Crippen LogP contribution in [0.15, 0.2) is 30.3 Å². The number of nitrogens with one attached hydrogen (secondary N) is 1. The Hall–Kier alpha value is -1.02. The fourth-order valence-corrected chi connectivity index (χ4v) is 1.56. The maximum Gasteiger partial charge on any atom is 0.0511 e. The Balaban J connectivity index is 1.79. The number of anilines is 1. The summed E-state index contributed by atoms with van der Waals surface area (Å²) in [5, 5.41) is 3.41. The van der Waals surface area contributed by atoms with E-state index in [0.717, 1.165) is 19.8 Å². The van der Waals surface area contributed by atoms with Gasteiger partial charge in [-0.15, -0.1) is 0 Å². The maximum atomic E-state index is 5.31. The molecule has 1 saturated heterocycles. The highest BCUT2D eigenvalue weighted by Gasteiger charge is 2.14. The number of hydrogen-bond donors (Lipinski definition) is 1. The standard InChI is InChI=1S/C11H15NO/c1-2-4-11(5-3-1)12-8-10-6-7-13-9-10/h1-5,10,12H,6-9H2. The van der Waals surface area contributed by atoms with Gasteiger partial charge in [-0.3, -0.25) is 0 Å². The molecule has 0 amide bonds. The molecule has 1 aliphatic heterocycles. The van der Waals surface area contributed by atoms with Gasteiger partial charge in [-0.25, -0.2) is 0 Å². The van der Waals surface area contributed by atoms with Gasteiger partial charge < -0.3 is 10.1 Å². The summed E-state index contributed by atoms with van der Waals surface area (Å²) in [7, 11) is 0. The fraction of sp³-hybridized carbons (Fsp3) is 0.455. The van der Waals surface area contributed by atoms with Crippen molar-refractivity contribution in [3.63, 3.8) is 0 Å². The molecular formula is C11H15NO. The first kappa shape index (κ1) is 8.57. The lowest BCUT2D eigenvalue weighted by Crippen LogP contribution is -2.13. The van der Waals surface area contributed by atoms with Crippen LogP contribution in [0.2, 0.25) is 0 Å². The summed E-state index contributed by atoms with van der Waals surface area (Å²) >= 11 is 0. The highest BCUT2D eigenvalue weighted by atomic mass is 16.5. The molecule has 0 aliphatic carbocycles. The van der Waals surface area contributed by atoms with Gasteiger partial charge in [0.25, 0.3) is 0 Å². The highest BCUT2D eigenvalue weighted by Crippen LogP contribution is 2.13. The topological polar surface area (TPSA) is 21.3 Å². The van der Waals surface area contributed by atoms with E-state index < -0.39 is 0 Å². The van der Waals surface area contributed by atoms with Crippen molar-refractivity contribution in [2.24, 2.45) is 5.92 Å². The largest absolute Gasteiger partial charge is 0.385 e. The van der Waals surface area contributed by atoms with E-state index in [1.807, 2.05) is 18.2 Å². The van der Waals surface area contributed by atoms with Crippen molar-refractivity contribution < 1.29 is 4.74 Å². The molecule has 1 heterocycles. The summed E-state index contributed by atoms with van der Waals surface area (Å²) in [6, 6.07) is 10.3. The Bertz CT molecular complexity index is 242. The summed E-state index contributed by atoms with van der Waals surface area (Å²) in [6.45, 7) is 2.88. The zero-order chi connectivity index (χ0) is 8.93. The first-order valence-corrected chi connectivity index (χ1v) is 4.82. The van der Waals surface area contributed by atoms with Crippen LogP contribution >= 0.6 is 0 Å². The molecule has 1 aromatic carbocycles. The minimum atomic E-state index is 0.695. The van der Waals surface area contributed by atoms with Crippen LogP contribution in [-0.2, 0) is 4.74 Å². The predicted molar refractivity (Wildman–Crippen MR) is 53.9 cm³/mol. The van der Waals surface area contributed by atoms with E-state index in [0.29, 0.717) is 5.92 Å². The molecule has 0 radical (unpaired) electrons. The third-order valence-corrected chi connectivity index (χ3v) is 2.39. The predicted octanol–water partition coefficient (Wildman–Crippen LogP) is 2.13. The van der Waals surface area contributed by atoms with Crippen molar-refractivity contribution in [3.8, 4) is 0 Å². The Morgan fingerprint density at radius 1 is 1.31 bits per heavy atom. The summed E-state index contributed by atoms with van der Waals surface area (Å²) in [4.78, 5) is 0. The normalized spacial score (nSPS) is 21.7. The lowest BCUT2D eigenvalue weighted by atomic mass is 10.1. The Morgan fingerprint density at radius 3 is 2.85 bits per heavy atom. The summed E-state index contributed by atoms with van der Waals surface area (Å²) in [5.41, 5.74) is 1.20. The smallest absolute Gasteiger partial charge is 0.0511 e. The maximum absolute atomic E-state index is 5.31. The molecule has 2 nitrogen and oxygen atoms in total. The van der Waals surface area contributed by atoms with Gasteiger partial charge in [-0.2, -0.15) is 0 Å². The molecule has 1 atom stereocenters. The van der Waals surface area contributed by atoms with Crippen LogP contribution in [-0.4, -0.2) is 19.8 Å². The van der Waals surface area contributed by atoms with Gasteiger partial charge in [0.05, 0.1) is 6.61 Å². The van der Waals surface area contributed by atoms with Crippen molar-refractivity contribution in [1.29, 1.82) is 0 Å². The van der Waals surface area contributed by atoms with Crippen LogP contribution in [0.3, 0.4) is 0 Å². The van der Waals surface area contributed by atoms with Crippen molar-refractivity contribution in [1.82, 2.24) is 0 Å². The Morgan fingerprint density at radius 2 is 2.15 bits per heavy atom. The zero-order valence-electron chi connectivity index (χ0n) is 7.70. The minimum Gasteiger partial charge on any atom is -0.385 e. The molecule has 1 unspecified atom stereocenters. The van der Waals surface area contributed by atoms with E-state index in [1.165, 1.54) is 12.1 Å². The lowest BCUT2D eigenvalue weighted by molar-refractivity contribution is 0.187. The average molecular weight is 177 g/mol. The molecule has 1 fully saturated rings. The van der Waals surface area contributed by atoms with E-state index in [9.17, 15) is 0 Å². The van der Waals surface area contributed by atoms with E-state index in [1.54, 1.807) is 0 Å². The van der Waals surface area contributed by atoms with Crippen LogP contribution in [0.25, 0.3) is 0 Å². The molecule has 1 aromatic rings. The average Bonchev–Trinajstić information content (AvgIpc) is 2.69. The summed E-state index contributed by atoms with van der Waals surface area (Å²) in [5.74, 6) is 0.695. The number of hydrogen-bond acceptors (Lipinski definition) is 2. The second-order valence-corrected chi connectivity index (χ2v) is 3.48. The summed E-state index contributed by atoms with van der Waals surface area (Å²) in [6.07, 6.45) is 1.19. The number of ether oxygens (including phenoxy) is 1. The van der Waals surface area contributed by atoms with E-state index in [4.69, 9.17) is 4.74 Å². The second-order valence-electron chi connectivity index (χ2n) is 3.48. The quantitative estimate of drug-likeness (QED) is 0.763. The molecule has 1 aliphatic rings. The highest BCUT2D eigenvalue weighted by molar-refractivity contribution is 5.42. The minimum absolute atomic E-state index is 0.695. The molecule has 2 heteroatoms. The van der Waals surface area contributed by atoms with Crippen molar-refractivity contribution in [3.05, 3.63) is 30.3 Å². The van der Waals surface area contributed by atoms with Gasteiger partial charge in [0.1, 0.15) is 0 Å². The molecule has 70 valence electrons. The van der Waals surface area contributed by atoms with E-state index >= 15 is 0 Å². The fourth-order valence-electron chi connectivity index (χ4n) is 1.56. The first-order valence-electron chi connectivity index (χ1n) is 4.82.